The van der Waals surface area contributed by atoms with Crippen LogP contribution in [0.1, 0.15) is 67.5 Å². The average Bonchev–Trinajstić information content (AvgIpc) is 3.23. The number of nitrogens with zero attached hydrogens (tertiary/aromatic N) is 2. The number of pyridine rings is 1. The minimum absolute atomic E-state index is 0.173. The number of amides is 1. The molecule has 2 fully saturated rings. The third kappa shape index (κ3) is 3.81. The molecule has 1 amide bonds. The normalized spacial score (nSPS) is 23.6. The third-order valence-corrected chi connectivity index (χ3v) is 6.00. The summed E-state index contributed by atoms with van der Waals surface area (Å²) in [6.45, 7) is 2.55. The van der Waals surface area contributed by atoms with Gasteiger partial charge in [0.1, 0.15) is 5.69 Å². The van der Waals surface area contributed by atoms with Crippen molar-refractivity contribution >= 4 is 11.6 Å². The van der Waals surface area contributed by atoms with Gasteiger partial charge in [0.2, 0.25) is 0 Å². The minimum atomic E-state index is -0.456. The molecule has 27 heavy (non-hydrogen) atoms. The number of imidazole rings is 1. The molecule has 6 nitrogen and oxygen atoms in total. The fourth-order valence-corrected chi connectivity index (χ4v) is 4.45. The Morgan fingerprint density at radius 1 is 1.26 bits per heavy atom. The van der Waals surface area contributed by atoms with Crippen LogP contribution >= 0.6 is 0 Å². The molecule has 0 radical (unpaired) electrons. The zero-order chi connectivity index (χ0) is 18.8. The molecule has 0 unspecified atom stereocenters. The Balaban J connectivity index is 1.53. The number of aromatic nitrogens is 2. The number of carbonyl (C=O) groups is 1. The summed E-state index contributed by atoms with van der Waals surface area (Å²) in [4.78, 5) is 17.4. The van der Waals surface area contributed by atoms with Crippen LogP contribution in [0.25, 0.3) is 5.65 Å². The molecule has 2 N–H and O–H groups in total. The second-order valence-electron chi connectivity index (χ2n) is 8.01. The zero-order valence-electron chi connectivity index (χ0n) is 16.0. The molecule has 2 aliphatic carbocycles. The molecule has 2 heterocycles. The highest BCUT2D eigenvalue weighted by Gasteiger charge is 2.29. The fraction of sp³-hybridized carbons (Fsp3) is 0.619. The third-order valence-electron chi connectivity index (χ3n) is 6.00. The molecule has 2 aromatic heterocycles. The van der Waals surface area contributed by atoms with E-state index >= 15 is 0 Å². The molecule has 0 aromatic carbocycles. The van der Waals surface area contributed by atoms with Crippen molar-refractivity contribution in [1.82, 2.24) is 14.7 Å². The van der Waals surface area contributed by atoms with Gasteiger partial charge in [-0.05, 0) is 57.1 Å². The van der Waals surface area contributed by atoms with Gasteiger partial charge in [-0.1, -0.05) is 19.3 Å². The van der Waals surface area contributed by atoms with Crippen LogP contribution in [0, 0.1) is 12.8 Å². The Labute approximate surface area is 159 Å². The van der Waals surface area contributed by atoms with Gasteiger partial charge in [-0.15, -0.1) is 0 Å². The van der Waals surface area contributed by atoms with E-state index in [-0.39, 0.29) is 11.9 Å². The molecule has 2 atom stereocenters. The van der Waals surface area contributed by atoms with Crippen molar-refractivity contribution in [2.24, 2.45) is 5.92 Å². The first-order valence-electron chi connectivity index (χ1n) is 10.2. The van der Waals surface area contributed by atoms with Crippen molar-refractivity contribution < 1.29 is 14.6 Å². The van der Waals surface area contributed by atoms with Crippen LogP contribution in [0.4, 0.5) is 0 Å². The van der Waals surface area contributed by atoms with E-state index in [0.29, 0.717) is 29.6 Å². The summed E-state index contributed by atoms with van der Waals surface area (Å²) in [7, 11) is 0. The summed E-state index contributed by atoms with van der Waals surface area (Å²) in [5.41, 5.74) is 1.88. The topological polar surface area (TPSA) is 75.9 Å². The number of hydrogen-bond donors (Lipinski definition) is 2. The van der Waals surface area contributed by atoms with Crippen LogP contribution in [0.3, 0.4) is 0 Å². The number of carbonyl (C=O) groups excluding carboxylic acids is 1. The number of hydrogen-bond acceptors (Lipinski definition) is 4. The number of aliphatic hydroxyl groups excluding tert-OH is 1. The molecule has 146 valence electrons. The highest BCUT2D eigenvalue weighted by atomic mass is 16.5. The molecule has 6 heteroatoms. The van der Waals surface area contributed by atoms with Gasteiger partial charge in [0, 0.05) is 6.20 Å². The number of fused-ring (bicyclic) bond motifs is 1. The molecule has 2 saturated carbocycles. The van der Waals surface area contributed by atoms with Crippen LogP contribution in [0.15, 0.2) is 18.3 Å². The predicted molar refractivity (Wildman–Crippen MR) is 103 cm³/mol. The summed E-state index contributed by atoms with van der Waals surface area (Å²) in [6.07, 6.45) is 10.3. The van der Waals surface area contributed by atoms with Gasteiger partial charge in [0.15, 0.2) is 11.4 Å². The van der Waals surface area contributed by atoms with Crippen molar-refractivity contribution in [3.8, 4) is 5.75 Å². The molecule has 0 bridgehead atoms. The lowest BCUT2D eigenvalue weighted by molar-refractivity contribution is 0.0867. The Morgan fingerprint density at radius 3 is 2.81 bits per heavy atom. The maximum absolute atomic E-state index is 12.8. The highest BCUT2D eigenvalue weighted by molar-refractivity contribution is 5.95. The second-order valence-corrected chi connectivity index (χ2v) is 8.01. The molecule has 2 aliphatic rings. The predicted octanol–water partition coefficient (Wildman–Crippen LogP) is 3.25. The van der Waals surface area contributed by atoms with Gasteiger partial charge >= 0.3 is 0 Å². The van der Waals surface area contributed by atoms with Crippen LogP contribution in [-0.4, -0.2) is 39.2 Å². The van der Waals surface area contributed by atoms with Gasteiger partial charge in [-0.3, -0.25) is 9.20 Å². The Bertz CT molecular complexity index is 810. The van der Waals surface area contributed by atoms with E-state index in [1.807, 2.05) is 29.7 Å². The number of ether oxygens (including phenoxy) is 1. The van der Waals surface area contributed by atoms with E-state index in [9.17, 15) is 9.90 Å². The average molecular weight is 371 g/mol. The summed E-state index contributed by atoms with van der Waals surface area (Å²) in [5, 5.41) is 13.0. The SMILES string of the molecule is Cc1nc2c(OCC3CCCCC3)cccn2c1C(=O)N[C@@H]1CCC[C@@H]1O. The summed E-state index contributed by atoms with van der Waals surface area (Å²) >= 11 is 0. The first-order chi connectivity index (χ1) is 13.1. The maximum Gasteiger partial charge on any atom is 0.270 e. The van der Waals surface area contributed by atoms with Crippen molar-refractivity contribution in [3.05, 3.63) is 29.7 Å². The molecule has 4 rings (SSSR count). The maximum atomic E-state index is 12.8. The van der Waals surface area contributed by atoms with Crippen LogP contribution in [0.2, 0.25) is 0 Å². The van der Waals surface area contributed by atoms with E-state index < -0.39 is 6.10 Å². The highest BCUT2D eigenvalue weighted by Crippen LogP contribution is 2.27. The number of rotatable bonds is 5. The summed E-state index contributed by atoms with van der Waals surface area (Å²) in [6, 6.07) is 3.65. The molecular weight excluding hydrogens is 342 g/mol. The van der Waals surface area contributed by atoms with E-state index in [1.54, 1.807) is 0 Å². The lowest BCUT2D eigenvalue weighted by Crippen LogP contribution is -2.40. The van der Waals surface area contributed by atoms with E-state index in [4.69, 9.17) is 4.74 Å². The molecular formula is C21H29N3O3. The zero-order valence-corrected chi connectivity index (χ0v) is 16.0. The Morgan fingerprint density at radius 2 is 2.07 bits per heavy atom. The van der Waals surface area contributed by atoms with Gasteiger partial charge in [-0.2, -0.15) is 0 Å². The fourth-order valence-electron chi connectivity index (χ4n) is 4.45. The van der Waals surface area contributed by atoms with Crippen molar-refractivity contribution in [1.29, 1.82) is 0 Å². The van der Waals surface area contributed by atoms with E-state index in [1.165, 1.54) is 32.1 Å². The number of aliphatic hydroxyl groups is 1. The van der Waals surface area contributed by atoms with Crippen LogP contribution < -0.4 is 10.1 Å². The van der Waals surface area contributed by atoms with Crippen molar-refractivity contribution in [3.63, 3.8) is 0 Å². The van der Waals surface area contributed by atoms with Crippen LogP contribution in [0.5, 0.6) is 5.75 Å². The Hall–Kier alpha value is -2.08. The second kappa shape index (κ2) is 7.89. The molecule has 0 saturated heterocycles. The smallest absolute Gasteiger partial charge is 0.270 e. The van der Waals surface area contributed by atoms with Gasteiger partial charge in [0.25, 0.3) is 5.91 Å². The largest absolute Gasteiger partial charge is 0.489 e. The van der Waals surface area contributed by atoms with E-state index in [2.05, 4.69) is 10.3 Å². The molecule has 0 aliphatic heterocycles. The van der Waals surface area contributed by atoms with Gasteiger partial charge in [0.05, 0.1) is 24.4 Å². The number of aryl methyl sites for hydroxylation is 1. The first-order valence-corrected chi connectivity index (χ1v) is 10.2. The van der Waals surface area contributed by atoms with Crippen molar-refractivity contribution in [2.75, 3.05) is 6.61 Å². The summed E-state index contributed by atoms with van der Waals surface area (Å²) < 4.78 is 7.91. The van der Waals surface area contributed by atoms with Gasteiger partial charge < -0.3 is 15.2 Å². The number of nitrogens with one attached hydrogen (secondary N) is 1. The lowest BCUT2D eigenvalue weighted by atomic mass is 9.90. The molecule has 2 aromatic rings. The first kappa shape index (κ1) is 18.3. The molecule has 0 spiro atoms. The lowest BCUT2D eigenvalue weighted by Gasteiger charge is -2.21. The summed E-state index contributed by atoms with van der Waals surface area (Å²) in [5.74, 6) is 1.16. The van der Waals surface area contributed by atoms with Gasteiger partial charge in [-0.25, -0.2) is 4.98 Å². The van der Waals surface area contributed by atoms with Crippen molar-refractivity contribution in [2.45, 2.75) is 70.4 Å². The monoisotopic (exact) mass is 371 g/mol. The standard InChI is InChI=1S/C21H29N3O3/c1-14-19(21(26)23-16-9-5-10-17(16)25)24-12-6-11-18(20(24)22-14)27-13-15-7-3-2-4-8-15/h6,11-12,15-17,25H,2-5,7-10,13H2,1H3,(H,23,26)/t16-,17+/m1/s1. The Kier molecular flexibility index (Phi) is 5.34. The minimum Gasteiger partial charge on any atom is -0.489 e. The van der Waals surface area contributed by atoms with E-state index in [0.717, 1.165) is 25.0 Å². The van der Waals surface area contributed by atoms with Crippen LogP contribution in [-0.2, 0) is 0 Å². The quantitative estimate of drug-likeness (QED) is 0.846.